The second-order valence-corrected chi connectivity index (χ2v) is 7.94. The number of halogens is 1. The number of carbonyl (C=O) groups is 1. The lowest BCUT2D eigenvalue weighted by molar-refractivity contribution is -0.118. The number of nitrogens with one attached hydrogen (secondary N) is 1. The second kappa shape index (κ2) is 5.66. The molecule has 1 fully saturated rings. The molecule has 1 N–H and O–H groups in total. The molecule has 0 bridgehead atoms. The number of hydrogen-bond donors (Lipinski definition) is 1. The molecule has 0 aliphatic carbocycles. The molecule has 1 saturated heterocycles. The van der Waals surface area contributed by atoms with Crippen molar-refractivity contribution in [2.24, 2.45) is 0 Å². The molecule has 1 heterocycles. The third kappa shape index (κ3) is 3.95. The molecule has 1 aromatic carbocycles. The van der Waals surface area contributed by atoms with Gasteiger partial charge in [0.1, 0.15) is 4.91 Å². The van der Waals surface area contributed by atoms with Crippen molar-refractivity contribution in [1.29, 1.82) is 0 Å². The van der Waals surface area contributed by atoms with Crippen LogP contribution in [-0.4, -0.2) is 25.6 Å². The van der Waals surface area contributed by atoms with Crippen LogP contribution < -0.4 is 5.32 Å². The van der Waals surface area contributed by atoms with Crippen molar-refractivity contribution >= 4 is 33.4 Å². The molecule has 0 atom stereocenters. The number of carbonyl (C=O) groups excluding carboxylic acids is 1. The maximum Gasteiger partial charge on any atom is 0.263 e. The molecule has 1 amide bonds. The first-order chi connectivity index (χ1) is 9.70. The van der Waals surface area contributed by atoms with Gasteiger partial charge in [-0.3, -0.25) is 4.79 Å². The van der Waals surface area contributed by atoms with Gasteiger partial charge in [0, 0.05) is 10.6 Å². The van der Waals surface area contributed by atoms with Crippen LogP contribution in [0, 0.1) is 0 Å². The lowest BCUT2D eigenvalue weighted by Crippen LogP contribution is -2.54. The molecule has 4 nitrogen and oxygen atoms in total. The lowest BCUT2D eigenvalue weighted by atomic mass is 10.1. The Hall–Kier alpha value is -1.59. The Morgan fingerprint density at radius 1 is 1.33 bits per heavy atom. The van der Waals surface area contributed by atoms with E-state index >= 15 is 0 Å². The van der Waals surface area contributed by atoms with E-state index in [9.17, 15) is 13.2 Å². The van der Waals surface area contributed by atoms with E-state index < -0.39 is 21.3 Å². The summed E-state index contributed by atoms with van der Waals surface area (Å²) in [5.41, 5.74) is 0.0810. The maximum atomic E-state index is 12.1. The molecule has 0 saturated carbocycles. The van der Waals surface area contributed by atoms with Crippen LogP contribution in [0.1, 0.15) is 19.4 Å². The molecule has 2 rings (SSSR count). The monoisotopic (exact) mass is 325 g/mol. The van der Waals surface area contributed by atoms with Gasteiger partial charge in [-0.25, -0.2) is 8.42 Å². The Balaban J connectivity index is 2.27. The number of hydrogen-bond acceptors (Lipinski definition) is 3. The average Bonchev–Trinajstić information content (AvgIpc) is 2.30. The molecule has 0 spiro atoms. The van der Waals surface area contributed by atoms with E-state index in [-0.39, 0.29) is 10.7 Å². The van der Waals surface area contributed by atoms with Crippen molar-refractivity contribution in [3.05, 3.63) is 51.9 Å². The maximum absolute atomic E-state index is 12.1. The lowest BCUT2D eigenvalue weighted by Gasteiger charge is -2.31. The number of rotatable bonds is 2. The zero-order valence-corrected chi connectivity index (χ0v) is 13.3. The second-order valence-electron chi connectivity index (χ2n) is 5.54. The van der Waals surface area contributed by atoms with Crippen LogP contribution in [0.4, 0.5) is 0 Å². The first-order valence-electron chi connectivity index (χ1n) is 6.39. The number of sulfone groups is 1. The Bertz CT molecular complexity index is 733. The summed E-state index contributed by atoms with van der Waals surface area (Å²) in [5, 5.41) is 3.27. The molecule has 0 unspecified atom stereocenters. The normalized spacial score (nSPS) is 22.4. The fourth-order valence-corrected chi connectivity index (χ4v) is 4.13. The molecule has 1 aromatic rings. The summed E-state index contributed by atoms with van der Waals surface area (Å²) in [5.74, 6) is -0.676. The molecule has 21 heavy (non-hydrogen) atoms. The van der Waals surface area contributed by atoms with Crippen molar-refractivity contribution in [3.63, 3.8) is 0 Å². The van der Waals surface area contributed by atoms with Crippen molar-refractivity contribution in [1.82, 2.24) is 5.32 Å². The molecular formula is C15H16ClNO3S. The predicted octanol–water partition coefficient (Wildman–Crippen LogP) is 2.56. The highest BCUT2D eigenvalue weighted by atomic mass is 35.5. The van der Waals surface area contributed by atoms with Gasteiger partial charge in [-0.05, 0) is 37.6 Å². The third-order valence-electron chi connectivity index (χ3n) is 2.95. The summed E-state index contributed by atoms with van der Waals surface area (Å²) in [6.07, 6.45) is 4.55. The van der Waals surface area contributed by atoms with Crippen molar-refractivity contribution in [2.45, 2.75) is 19.4 Å². The van der Waals surface area contributed by atoms with Crippen LogP contribution >= 0.6 is 11.6 Å². The largest absolute Gasteiger partial charge is 0.346 e. The van der Waals surface area contributed by atoms with Crippen LogP contribution in [0.5, 0.6) is 0 Å². The molecule has 112 valence electrons. The summed E-state index contributed by atoms with van der Waals surface area (Å²) in [4.78, 5) is 11.7. The highest BCUT2D eigenvalue weighted by Gasteiger charge is 2.39. The van der Waals surface area contributed by atoms with Crippen LogP contribution in [0.3, 0.4) is 0 Å². The van der Waals surface area contributed by atoms with Crippen LogP contribution in [-0.2, 0) is 14.6 Å². The Morgan fingerprint density at radius 2 is 2.05 bits per heavy atom. The summed E-state index contributed by atoms with van der Waals surface area (Å²) < 4.78 is 24.2. The number of amides is 1. The quantitative estimate of drug-likeness (QED) is 0.850. The van der Waals surface area contributed by atoms with E-state index in [0.29, 0.717) is 5.02 Å². The van der Waals surface area contributed by atoms with Crippen LogP contribution in [0.2, 0.25) is 5.02 Å². The fraction of sp³-hybridized carbons (Fsp3) is 0.267. The van der Waals surface area contributed by atoms with Crippen LogP contribution in [0.15, 0.2) is 41.3 Å². The van der Waals surface area contributed by atoms with E-state index in [1.54, 1.807) is 38.1 Å². The average molecular weight is 326 g/mol. The van der Waals surface area contributed by atoms with Crippen LogP contribution in [0.25, 0.3) is 6.08 Å². The van der Waals surface area contributed by atoms with Gasteiger partial charge in [0.25, 0.3) is 5.91 Å². The van der Waals surface area contributed by atoms with Crippen molar-refractivity contribution in [2.75, 3.05) is 5.75 Å². The third-order valence-corrected chi connectivity index (χ3v) is 5.28. The number of allylic oxidation sites excluding steroid dienone is 2. The van der Waals surface area contributed by atoms with Gasteiger partial charge in [-0.1, -0.05) is 35.9 Å². The number of benzene rings is 1. The summed E-state index contributed by atoms with van der Waals surface area (Å²) in [6.45, 7) is 3.36. The predicted molar refractivity (Wildman–Crippen MR) is 84.6 cm³/mol. The molecule has 1 aliphatic rings. The van der Waals surface area contributed by atoms with E-state index in [1.807, 2.05) is 6.07 Å². The Kier molecular flexibility index (Phi) is 4.25. The SMILES string of the molecule is CC1(C)CS(=O)(=O)/C(=C/C=C/c2cccc(Cl)c2)C(=O)N1. The summed E-state index contributed by atoms with van der Waals surface area (Å²) >= 11 is 5.86. The minimum atomic E-state index is -3.57. The highest BCUT2D eigenvalue weighted by Crippen LogP contribution is 2.21. The highest BCUT2D eigenvalue weighted by molar-refractivity contribution is 7.96. The Morgan fingerprint density at radius 3 is 2.67 bits per heavy atom. The standard InChI is InChI=1S/C15H16ClNO3S/c1-15(2)10-21(19,20)13(14(18)17-15)8-4-6-11-5-3-7-12(16)9-11/h3-9H,10H2,1-2H3,(H,17,18)/b6-4+,13-8+. The minimum Gasteiger partial charge on any atom is -0.346 e. The van der Waals surface area contributed by atoms with E-state index in [4.69, 9.17) is 11.6 Å². The van der Waals surface area contributed by atoms with Gasteiger partial charge in [-0.15, -0.1) is 0 Å². The van der Waals surface area contributed by atoms with Crippen molar-refractivity contribution < 1.29 is 13.2 Å². The topological polar surface area (TPSA) is 63.2 Å². The van der Waals surface area contributed by atoms with Crippen molar-refractivity contribution in [3.8, 4) is 0 Å². The van der Waals surface area contributed by atoms with Gasteiger partial charge in [-0.2, -0.15) is 0 Å². The fourth-order valence-electron chi connectivity index (χ4n) is 2.14. The molecule has 0 aromatic heterocycles. The zero-order valence-electron chi connectivity index (χ0n) is 11.8. The van der Waals surface area contributed by atoms with Gasteiger partial charge in [0.05, 0.1) is 5.75 Å². The zero-order chi connectivity index (χ0) is 15.7. The minimum absolute atomic E-state index is 0.109. The summed E-state index contributed by atoms with van der Waals surface area (Å²) in [6, 6.07) is 7.12. The smallest absolute Gasteiger partial charge is 0.263 e. The molecule has 1 aliphatic heterocycles. The van der Waals surface area contributed by atoms with Gasteiger partial charge in [0.2, 0.25) is 0 Å². The van der Waals surface area contributed by atoms with E-state index in [1.165, 1.54) is 12.2 Å². The van der Waals surface area contributed by atoms with E-state index in [2.05, 4.69) is 5.32 Å². The first-order valence-corrected chi connectivity index (χ1v) is 8.42. The molecule has 0 radical (unpaired) electrons. The Labute approximate surface area is 129 Å². The summed E-state index contributed by atoms with van der Waals surface area (Å²) in [7, 11) is -3.57. The van der Waals surface area contributed by atoms with Gasteiger partial charge >= 0.3 is 0 Å². The van der Waals surface area contributed by atoms with E-state index in [0.717, 1.165) is 5.56 Å². The van der Waals surface area contributed by atoms with Gasteiger partial charge in [0.15, 0.2) is 9.84 Å². The molecule has 6 heteroatoms. The first kappa shape index (κ1) is 15.8. The molecular weight excluding hydrogens is 310 g/mol. The van der Waals surface area contributed by atoms with Gasteiger partial charge < -0.3 is 5.32 Å².